The Morgan fingerprint density at radius 3 is 2.63 bits per heavy atom. The minimum absolute atomic E-state index is 0.0276. The van der Waals surface area contributed by atoms with Gasteiger partial charge < -0.3 is 15.3 Å². The summed E-state index contributed by atoms with van der Waals surface area (Å²) in [5, 5.41) is 29.0. The predicted molar refractivity (Wildman–Crippen MR) is 106 cm³/mol. The number of allylic oxidation sites excluding steroid dienone is 2. The van der Waals surface area contributed by atoms with E-state index in [4.69, 9.17) is 5.11 Å². The summed E-state index contributed by atoms with van der Waals surface area (Å²) in [6.07, 6.45) is 14.7. The number of hydrogen-bond acceptors (Lipinski definition) is 3. The fourth-order valence-electron chi connectivity index (χ4n) is 5.87. The van der Waals surface area contributed by atoms with Gasteiger partial charge in [0.2, 0.25) is 0 Å². The zero-order valence-electron chi connectivity index (χ0n) is 16.6. The maximum Gasteiger partial charge on any atom is 0.306 e. The van der Waals surface area contributed by atoms with E-state index in [1.54, 1.807) is 6.08 Å². The zero-order valence-corrected chi connectivity index (χ0v) is 16.6. The molecule has 0 radical (unpaired) electrons. The Hall–Kier alpha value is -1.13. The molecule has 0 amide bonds. The van der Waals surface area contributed by atoms with Crippen molar-refractivity contribution in [3.05, 3.63) is 23.8 Å². The second-order valence-electron chi connectivity index (χ2n) is 9.23. The van der Waals surface area contributed by atoms with Gasteiger partial charge in [-0.25, -0.2) is 0 Å². The molecule has 1 unspecified atom stereocenters. The van der Waals surface area contributed by atoms with Crippen molar-refractivity contribution in [2.45, 2.75) is 70.8 Å². The number of aliphatic carboxylic acids is 1. The second kappa shape index (κ2) is 9.38. The van der Waals surface area contributed by atoms with E-state index in [1.807, 2.05) is 6.08 Å². The van der Waals surface area contributed by atoms with Crippen LogP contribution in [0.1, 0.15) is 64.7 Å². The average molecular weight is 377 g/mol. The number of carboxylic acid groups (broad SMARTS) is 1. The third-order valence-electron chi connectivity index (χ3n) is 7.43. The lowest BCUT2D eigenvalue weighted by atomic mass is 9.75. The van der Waals surface area contributed by atoms with Gasteiger partial charge in [0, 0.05) is 5.92 Å². The molecule has 0 aromatic carbocycles. The molecule has 5 atom stereocenters. The molecular weight excluding hydrogens is 340 g/mol. The van der Waals surface area contributed by atoms with Crippen LogP contribution >= 0.6 is 0 Å². The molecule has 0 spiro atoms. The smallest absolute Gasteiger partial charge is 0.306 e. The van der Waals surface area contributed by atoms with Gasteiger partial charge in [-0.05, 0) is 68.6 Å². The maximum atomic E-state index is 11.8. The Labute approximate surface area is 163 Å². The molecule has 3 saturated carbocycles. The summed E-state index contributed by atoms with van der Waals surface area (Å²) < 4.78 is 0. The van der Waals surface area contributed by atoms with Crippen LogP contribution in [0.5, 0.6) is 0 Å². The van der Waals surface area contributed by atoms with E-state index in [0.717, 1.165) is 50.9 Å². The third kappa shape index (κ3) is 5.03. The van der Waals surface area contributed by atoms with Crippen LogP contribution in [-0.2, 0) is 4.79 Å². The molecule has 0 heterocycles. The minimum Gasteiger partial charge on any atom is -0.481 e. The van der Waals surface area contributed by atoms with Crippen LogP contribution in [0, 0.1) is 35.5 Å². The molecule has 0 aromatic rings. The van der Waals surface area contributed by atoms with Crippen molar-refractivity contribution in [1.82, 2.24) is 0 Å². The zero-order chi connectivity index (χ0) is 19.4. The van der Waals surface area contributed by atoms with E-state index in [0.29, 0.717) is 17.8 Å². The first kappa shape index (κ1) is 20.6. The molecule has 152 valence electrons. The van der Waals surface area contributed by atoms with Crippen LogP contribution in [0.15, 0.2) is 23.8 Å². The maximum absolute atomic E-state index is 11.8. The molecule has 0 saturated heterocycles. The highest BCUT2D eigenvalue weighted by Gasteiger charge is 2.44. The van der Waals surface area contributed by atoms with Gasteiger partial charge in [0.15, 0.2) is 0 Å². The Bertz CT molecular complexity index is 559. The lowest BCUT2D eigenvalue weighted by Crippen LogP contribution is -2.27. The Morgan fingerprint density at radius 2 is 1.96 bits per heavy atom. The van der Waals surface area contributed by atoms with Gasteiger partial charge in [-0.3, -0.25) is 4.79 Å². The average Bonchev–Trinajstić information content (AvgIpc) is 3.14. The van der Waals surface area contributed by atoms with Gasteiger partial charge >= 0.3 is 5.97 Å². The van der Waals surface area contributed by atoms with Crippen molar-refractivity contribution in [2.24, 2.45) is 35.5 Å². The van der Waals surface area contributed by atoms with Gasteiger partial charge in [-0.2, -0.15) is 0 Å². The molecule has 0 aromatic heterocycles. The first-order chi connectivity index (χ1) is 13.0. The molecule has 3 aliphatic rings. The monoisotopic (exact) mass is 376 g/mol. The van der Waals surface area contributed by atoms with Gasteiger partial charge in [0.1, 0.15) is 0 Å². The summed E-state index contributed by atoms with van der Waals surface area (Å²) in [7, 11) is 0. The summed E-state index contributed by atoms with van der Waals surface area (Å²) in [5.74, 6) is 1.45. The number of carbonyl (C=O) groups is 1. The number of hydrogen-bond donors (Lipinski definition) is 3. The molecule has 3 aliphatic carbocycles. The summed E-state index contributed by atoms with van der Waals surface area (Å²) in [6.45, 7) is 2.30. The fraction of sp³-hybridized carbons (Fsp3) is 0.783. The number of carboxylic acids is 1. The summed E-state index contributed by atoms with van der Waals surface area (Å²) >= 11 is 0. The third-order valence-corrected chi connectivity index (χ3v) is 7.43. The van der Waals surface area contributed by atoms with E-state index < -0.39 is 5.97 Å². The highest BCUT2D eigenvalue weighted by Crippen LogP contribution is 2.50. The first-order valence-corrected chi connectivity index (χ1v) is 10.9. The van der Waals surface area contributed by atoms with Gasteiger partial charge in [0.25, 0.3) is 0 Å². The van der Waals surface area contributed by atoms with Crippen molar-refractivity contribution >= 4 is 5.97 Å². The van der Waals surface area contributed by atoms with Gasteiger partial charge in [-0.15, -0.1) is 0 Å². The lowest BCUT2D eigenvalue weighted by molar-refractivity contribution is -0.144. The fourth-order valence-corrected chi connectivity index (χ4v) is 5.87. The number of rotatable bonds is 7. The SMILES string of the molecule is CC1CCC(C(CCC=C2C[C@@H]3C[C@@H](O)[C@H](C=CCO)[C@H]3C2)C(=O)O)CC1. The Morgan fingerprint density at radius 1 is 1.22 bits per heavy atom. The molecule has 0 bridgehead atoms. The van der Waals surface area contributed by atoms with Crippen LogP contribution in [0.25, 0.3) is 0 Å². The molecule has 3 rings (SSSR count). The number of aliphatic hydroxyl groups excluding tert-OH is 2. The first-order valence-electron chi connectivity index (χ1n) is 10.9. The summed E-state index contributed by atoms with van der Waals surface area (Å²) in [5.41, 5.74) is 1.45. The molecular formula is C23H36O4. The lowest BCUT2D eigenvalue weighted by Gasteiger charge is -2.30. The van der Waals surface area contributed by atoms with Gasteiger partial charge in [-0.1, -0.05) is 43.6 Å². The second-order valence-corrected chi connectivity index (χ2v) is 9.23. The topological polar surface area (TPSA) is 77.8 Å². The standard InChI is InChI=1S/C23H36O4/c1-15-7-9-17(10-8-15)19(23(26)27)5-2-4-16-12-18-14-22(25)20(6-3-11-24)21(18)13-16/h3-4,6,15,17-22,24-25H,2,5,7-14H2,1H3,(H,26,27)/t15?,17?,18-,19?,20-,21+,22-/m1/s1. The van der Waals surface area contributed by atoms with Crippen molar-refractivity contribution in [2.75, 3.05) is 6.61 Å². The van der Waals surface area contributed by atoms with Crippen LogP contribution in [0.4, 0.5) is 0 Å². The largest absolute Gasteiger partial charge is 0.481 e. The molecule has 27 heavy (non-hydrogen) atoms. The van der Waals surface area contributed by atoms with E-state index in [2.05, 4.69) is 13.0 Å². The van der Waals surface area contributed by atoms with Crippen molar-refractivity contribution in [3.8, 4) is 0 Å². The quantitative estimate of drug-likeness (QED) is 0.583. The van der Waals surface area contributed by atoms with E-state index in [1.165, 1.54) is 18.4 Å². The van der Waals surface area contributed by atoms with Gasteiger partial charge in [0.05, 0.1) is 18.6 Å². The molecule has 4 nitrogen and oxygen atoms in total. The number of aliphatic hydroxyl groups is 2. The van der Waals surface area contributed by atoms with Crippen LogP contribution in [0.2, 0.25) is 0 Å². The van der Waals surface area contributed by atoms with Crippen molar-refractivity contribution in [3.63, 3.8) is 0 Å². The van der Waals surface area contributed by atoms with E-state index >= 15 is 0 Å². The summed E-state index contributed by atoms with van der Waals surface area (Å²) in [6, 6.07) is 0. The molecule has 3 fully saturated rings. The van der Waals surface area contributed by atoms with Crippen LogP contribution < -0.4 is 0 Å². The highest BCUT2D eigenvalue weighted by molar-refractivity contribution is 5.70. The minimum atomic E-state index is -0.617. The molecule has 3 N–H and O–H groups in total. The van der Waals surface area contributed by atoms with E-state index in [-0.39, 0.29) is 24.5 Å². The molecule has 4 heteroatoms. The van der Waals surface area contributed by atoms with Crippen molar-refractivity contribution in [1.29, 1.82) is 0 Å². The highest BCUT2D eigenvalue weighted by atomic mass is 16.4. The van der Waals surface area contributed by atoms with Crippen molar-refractivity contribution < 1.29 is 20.1 Å². The van der Waals surface area contributed by atoms with E-state index in [9.17, 15) is 15.0 Å². The molecule has 0 aliphatic heterocycles. The number of fused-ring (bicyclic) bond motifs is 1. The summed E-state index contributed by atoms with van der Waals surface area (Å²) in [4.78, 5) is 11.8. The predicted octanol–water partition coefficient (Wildman–Crippen LogP) is 4.18. The van der Waals surface area contributed by atoms with Crippen LogP contribution in [0.3, 0.4) is 0 Å². The Kier molecular flexibility index (Phi) is 7.16. The van der Waals surface area contributed by atoms with Crippen LogP contribution in [-0.4, -0.2) is 34.0 Å². The Balaban J connectivity index is 1.52. The normalized spacial score (nSPS) is 39.1.